The summed E-state index contributed by atoms with van der Waals surface area (Å²) in [6, 6.07) is 1.33. The number of benzene rings is 2. The second-order valence-corrected chi connectivity index (χ2v) is 22.9. The molecule has 50 heteroatoms. The Balaban J connectivity index is 0. The maximum atomic E-state index is 14.7. The molecule has 2 aromatic rings. The first-order valence-corrected chi connectivity index (χ1v) is 31.5. The van der Waals surface area contributed by atoms with Crippen molar-refractivity contribution in [3.63, 3.8) is 0 Å². The van der Waals surface area contributed by atoms with Gasteiger partial charge in [0, 0.05) is 45.6 Å². The molecule has 3 rings (SSSR count). The van der Waals surface area contributed by atoms with E-state index in [1.807, 2.05) is 0 Å². The highest BCUT2D eigenvalue weighted by atomic mass is 19.4. The summed E-state index contributed by atoms with van der Waals surface area (Å²) >= 11 is 0. The number of phenols is 2. The number of carboxylic acid groups (broad SMARTS) is 4. The minimum atomic E-state index is -5.08. The van der Waals surface area contributed by atoms with Crippen molar-refractivity contribution in [3.05, 3.63) is 59.7 Å². The molecule has 0 aromatic heterocycles. The number of phenolic OH excluding ortho intramolecular Hbond substituents is 2. The molecule has 0 unspecified atom stereocenters. The molecule has 0 aliphatic carbocycles. The van der Waals surface area contributed by atoms with Gasteiger partial charge in [-0.3, -0.25) is 58.7 Å². The highest BCUT2D eigenvalue weighted by Crippen LogP contribution is 2.18. The number of aliphatic carboxylic acids is 4. The Morgan fingerprint density at radius 2 is 1.00 bits per heavy atom. The molecule has 0 fully saturated rings. The summed E-state index contributed by atoms with van der Waals surface area (Å²) in [4.78, 5) is 171. The lowest BCUT2D eigenvalue weighted by Crippen LogP contribution is -2.60. The number of nitrogens with one attached hydrogen (secondary N) is 9. The number of amides is 10. The van der Waals surface area contributed by atoms with Gasteiger partial charge in [0.2, 0.25) is 47.3 Å². The molecule has 38 nitrogen and oxygen atoms in total. The number of halogens is 12. The summed E-state index contributed by atoms with van der Waals surface area (Å²) in [5, 5.41) is 71.9. The van der Waals surface area contributed by atoms with E-state index in [4.69, 9.17) is 79.7 Å². The zero-order valence-corrected chi connectivity index (χ0v) is 57.7. The number of carboxylic acids is 4. The fourth-order valence-electron chi connectivity index (χ4n) is 8.08. The number of carbonyl (C=O) groups excluding carboxylic acids is 9. The number of carbonyl (C=O) groups is 13. The van der Waals surface area contributed by atoms with Crippen LogP contribution in [0.15, 0.2) is 63.5 Å². The van der Waals surface area contributed by atoms with Crippen molar-refractivity contribution in [1.29, 1.82) is 0 Å². The van der Waals surface area contributed by atoms with Gasteiger partial charge >= 0.3 is 54.6 Å². The summed E-state index contributed by atoms with van der Waals surface area (Å²) in [7, 11) is 0. The lowest BCUT2D eigenvalue weighted by Gasteiger charge is -2.28. The molecular weight excluding hydrogens is 1510 g/mol. The molecule has 109 heavy (non-hydrogen) atoms. The van der Waals surface area contributed by atoms with E-state index in [9.17, 15) is 106 Å². The van der Waals surface area contributed by atoms with Crippen molar-refractivity contribution >= 4 is 95.0 Å². The number of aromatic hydroxyl groups is 2. The lowest BCUT2D eigenvalue weighted by atomic mass is 10.00. The maximum Gasteiger partial charge on any atom is 0.490 e. The minimum absolute atomic E-state index is 0.00526. The molecule has 2 aromatic carbocycles. The van der Waals surface area contributed by atoms with Crippen molar-refractivity contribution in [2.24, 2.45) is 61.0 Å². The third-order valence-corrected chi connectivity index (χ3v) is 13.3. The molecule has 0 saturated heterocycles. The number of rotatable bonds is 21. The van der Waals surface area contributed by atoms with Crippen LogP contribution in [0.5, 0.6) is 11.5 Å². The normalized spacial score (nSPS) is 17.4. The van der Waals surface area contributed by atoms with Crippen molar-refractivity contribution in [2.75, 3.05) is 32.7 Å². The van der Waals surface area contributed by atoms with Crippen LogP contribution in [0.25, 0.3) is 0 Å². The number of primary amides is 1. The molecule has 0 saturated carbocycles. The van der Waals surface area contributed by atoms with Gasteiger partial charge in [-0.25, -0.2) is 24.0 Å². The van der Waals surface area contributed by atoms with E-state index >= 15 is 0 Å². The first kappa shape index (κ1) is 99.1. The van der Waals surface area contributed by atoms with Gasteiger partial charge in [0.05, 0.1) is 12.5 Å². The Hall–Kier alpha value is -11.9. The second-order valence-electron chi connectivity index (χ2n) is 22.9. The number of hydrogen-bond acceptors (Lipinski definition) is 20. The number of urea groups is 1. The summed E-state index contributed by atoms with van der Waals surface area (Å²) in [6.45, 7) is 3.91. The second kappa shape index (κ2) is 49.0. The average molecular weight is 1590 g/mol. The maximum absolute atomic E-state index is 14.7. The van der Waals surface area contributed by atoms with E-state index in [1.165, 1.54) is 36.4 Å². The highest BCUT2D eigenvalue weighted by molar-refractivity contribution is 5.98. The fraction of sp³-hybridized carbons (Fsp3) is 0.525. The third kappa shape index (κ3) is 47.3. The van der Waals surface area contributed by atoms with Gasteiger partial charge in [0.25, 0.3) is 0 Å². The van der Waals surface area contributed by atoms with Gasteiger partial charge in [0.15, 0.2) is 17.9 Å². The van der Waals surface area contributed by atoms with Crippen molar-refractivity contribution in [1.82, 2.24) is 47.9 Å². The average Bonchev–Trinajstić information content (AvgIpc) is 0.873. The molecular formula is C59H85F12N19O19. The van der Waals surface area contributed by atoms with E-state index in [2.05, 4.69) is 62.8 Å². The summed E-state index contributed by atoms with van der Waals surface area (Å²) in [6.07, 6.45) is -20.2. The predicted molar refractivity (Wildman–Crippen MR) is 356 cm³/mol. The quantitative estimate of drug-likeness (QED) is 0.0278. The van der Waals surface area contributed by atoms with Crippen molar-refractivity contribution < 1.29 is 146 Å². The van der Waals surface area contributed by atoms with Crippen LogP contribution >= 0.6 is 0 Å². The Labute approximate surface area is 610 Å². The molecule has 614 valence electrons. The molecule has 0 spiro atoms. The van der Waals surface area contributed by atoms with Gasteiger partial charge in [-0.1, -0.05) is 38.1 Å². The van der Waals surface area contributed by atoms with E-state index in [0.29, 0.717) is 24.0 Å². The van der Waals surface area contributed by atoms with E-state index in [1.54, 1.807) is 26.0 Å². The van der Waals surface area contributed by atoms with Crippen LogP contribution in [0, 0.1) is 5.92 Å². The molecule has 1 heterocycles. The smallest absolute Gasteiger partial charge is 0.490 e. The molecule has 29 N–H and O–H groups in total. The monoisotopic (exact) mass is 1590 g/mol. The van der Waals surface area contributed by atoms with Crippen LogP contribution in [-0.4, -0.2) is 225 Å². The summed E-state index contributed by atoms with van der Waals surface area (Å²) in [5.41, 5.74) is 40.8. The molecule has 0 bridgehead atoms. The Morgan fingerprint density at radius 1 is 0.569 bits per heavy atom. The third-order valence-electron chi connectivity index (χ3n) is 13.3. The Morgan fingerprint density at radius 3 is 1.45 bits per heavy atom. The molecule has 1 aliphatic heterocycles. The first-order valence-electron chi connectivity index (χ1n) is 31.5. The Bertz CT molecular complexity index is 3320. The predicted octanol–water partition coefficient (Wildman–Crippen LogP) is -2.01. The van der Waals surface area contributed by atoms with E-state index in [-0.39, 0.29) is 126 Å². The molecule has 7 atom stereocenters. The number of aliphatic imine (C=N–C) groups is 3. The van der Waals surface area contributed by atoms with Crippen LogP contribution in [0.2, 0.25) is 0 Å². The number of alkyl halides is 12. The number of nitrogens with two attached hydrogens (primary N) is 7. The van der Waals surface area contributed by atoms with Crippen molar-refractivity contribution in [3.8, 4) is 11.5 Å². The fourth-order valence-corrected chi connectivity index (χ4v) is 8.08. The topological polar surface area (TPSA) is 671 Å². The van der Waals surface area contributed by atoms with Crippen LogP contribution in [-0.2, 0) is 70.4 Å². The van der Waals surface area contributed by atoms with E-state index < -0.39 is 151 Å². The lowest BCUT2D eigenvalue weighted by molar-refractivity contribution is -0.193. The zero-order chi connectivity index (χ0) is 84.3. The van der Waals surface area contributed by atoms with Gasteiger partial charge in [-0.2, -0.15) is 52.7 Å². The minimum Gasteiger partial charge on any atom is -0.508 e. The van der Waals surface area contributed by atoms with Gasteiger partial charge in [-0.15, -0.1) is 0 Å². The SMILES string of the molecule is CC(C)C[C@H](NC(=O)[C@@H]1CCCN=C(N)NC(=O)NCCCCNC(=O)[C@@H](N)CC(=O)N[C@@H](CCCN=C(N)N)C(=O)N[C@@H](Cc2ccc(O)cc2)C(=O)N1)C(=O)N[C@@H](CCCN=C(N)N)C(=O)N[C@@H](Cc1ccc(O)cc1)C(N)=O.O=C(O)C(F)(F)F.O=C(O)C(F)(F)F.O=C(O)C(F)(F)F.O=C(O)C(F)(F)F. The summed E-state index contributed by atoms with van der Waals surface area (Å²) in [5.74, 6) is -18.7. The molecule has 10 amide bonds. The molecule has 1 aliphatic rings. The van der Waals surface area contributed by atoms with Crippen LogP contribution < -0.4 is 88.0 Å². The molecule has 0 radical (unpaired) electrons. The number of guanidine groups is 3. The highest BCUT2D eigenvalue weighted by Gasteiger charge is 2.41. The largest absolute Gasteiger partial charge is 0.508 e. The summed E-state index contributed by atoms with van der Waals surface area (Å²) < 4.78 is 127. The number of nitrogens with zero attached hydrogens (tertiary/aromatic N) is 3. The number of hydrogen-bond donors (Lipinski definition) is 22. The van der Waals surface area contributed by atoms with Crippen LogP contribution in [0.3, 0.4) is 0 Å². The van der Waals surface area contributed by atoms with E-state index in [0.717, 1.165) is 0 Å². The van der Waals surface area contributed by atoms with Crippen molar-refractivity contribution in [2.45, 2.75) is 158 Å². The standard InChI is InChI=1S/C51H81N19O11.4C2HF3O2/c1-28(2)24-38(46(79)65-35(9-6-22-61-49(56)57)44(77)67-37(41(53)74)25-29-11-15-31(71)16-12-29)68-45(78)36-10-7-23-62-50(58)70-51(81)63-20-4-3-19-59-42(75)33(52)27-40(73)64-34(8-5-21-60-48(54)55)43(76)69-39(47(80)66-36)26-30-13-17-32(72)18-14-30;4*3-2(4,5)1(6)7/h11-18,28,33-39,71-72H,3-10,19-27,52H2,1-2H3,(H2,53,74)(H,59,75)(H,64,73)(H,65,79)(H,66,80)(H,67,77)(H,68,78)(H,69,76)(H4,54,55,60)(H4,56,57,61)(H4,58,62,63,70,81);4*(H,6,7)/t33-,34-,35-,36-,37-,38-,39-;;;;/m0..../s1. The Kier molecular flexibility index (Phi) is 44.6. The van der Waals surface area contributed by atoms with Crippen LogP contribution in [0.1, 0.15) is 89.2 Å². The van der Waals surface area contributed by atoms with Gasteiger partial charge in [0.1, 0.15) is 47.8 Å². The van der Waals surface area contributed by atoms with Gasteiger partial charge < -0.3 is 113 Å². The first-order chi connectivity index (χ1) is 50.2. The van der Waals surface area contributed by atoms with Gasteiger partial charge in [-0.05, 0) is 99.1 Å². The van der Waals surface area contributed by atoms with Crippen LogP contribution in [0.4, 0.5) is 57.5 Å². The zero-order valence-electron chi connectivity index (χ0n) is 57.7.